The lowest BCUT2D eigenvalue weighted by Gasteiger charge is -2.07. The summed E-state index contributed by atoms with van der Waals surface area (Å²) in [5, 5.41) is 9.44. The average Bonchev–Trinajstić information content (AvgIpc) is 2.30. The van der Waals surface area contributed by atoms with Crippen LogP contribution in [-0.2, 0) is 0 Å². The molecule has 0 aliphatic rings. The molecule has 1 aromatic carbocycles. The van der Waals surface area contributed by atoms with Crippen LogP contribution in [0, 0.1) is 0 Å². The van der Waals surface area contributed by atoms with Crippen molar-refractivity contribution >= 4 is 0 Å². The third-order valence-electron chi connectivity index (χ3n) is 2.32. The van der Waals surface area contributed by atoms with Crippen LogP contribution < -0.4 is 4.74 Å². The summed E-state index contributed by atoms with van der Waals surface area (Å²) in [6.07, 6.45) is 6.16. The standard InChI is InChI=1S/C14H20O2/c1-2-8-13(15)9-6-7-12-16-14-10-4-3-5-11-14/h2-5,8,10-11,13,15H,6-7,9,12H2,1H3/t13-/m1/s1. The van der Waals surface area contributed by atoms with Crippen LogP contribution in [0.25, 0.3) is 0 Å². The minimum atomic E-state index is -0.304. The zero-order valence-electron chi connectivity index (χ0n) is 9.80. The monoisotopic (exact) mass is 220 g/mol. The summed E-state index contributed by atoms with van der Waals surface area (Å²) < 4.78 is 5.55. The van der Waals surface area contributed by atoms with E-state index in [0.29, 0.717) is 6.61 Å². The van der Waals surface area contributed by atoms with Gasteiger partial charge in [-0.05, 0) is 38.3 Å². The Kier molecular flexibility index (Phi) is 6.35. The fraction of sp³-hybridized carbons (Fsp3) is 0.429. The molecular weight excluding hydrogens is 200 g/mol. The van der Waals surface area contributed by atoms with Gasteiger partial charge in [0.1, 0.15) is 5.75 Å². The number of hydrogen-bond acceptors (Lipinski definition) is 2. The van der Waals surface area contributed by atoms with Crippen molar-refractivity contribution in [3.8, 4) is 5.75 Å². The van der Waals surface area contributed by atoms with Crippen molar-refractivity contribution in [1.82, 2.24) is 0 Å². The van der Waals surface area contributed by atoms with Crippen LogP contribution in [-0.4, -0.2) is 17.8 Å². The van der Waals surface area contributed by atoms with Gasteiger partial charge in [-0.3, -0.25) is 0 Å². The first-order valence-corrected chi connectivity index (χ1v) is 5.81. The molecule has 0 unspecified atom stereocenters. The van der Waals surface area contributed by atoms with Gasteiger partial charge in [-0.1, -0.05) is 30.4 Å². The molecule has 0 aromatic heterocycles. The van der Waals surface area contributed by atoms with Crippen LogP contribution in [0.1, 0.15) is 26.2 Å². The largest absolute Gasteiger partial charge is 0.494 e. The van der Waals surface area contributed by atoms with Gasteiger partial charge in [0, 0.05) is 0 Å². The minimum absolute atomic E-state index is 0.304. The normalized spacial score (nSPS) is 12.9. The number of aliphatic hydroxyl groups excluding tert-OH is 1. The van der Waals surface area contributed by atoms with E-state index in [9.17, 15) is 5.11 Å². The zero-order chi connectivity index (χ0) is 11.6. The molecule has 2 nitrogen and oxygen atoms in total. The number of rotatable bonds is 7. The highest BCUT2D eigenvalue weighted by Gasteiger charge is 1.98. The molecule has 0 saturated carbocycles. The smallest absolute Gasteiger partial charge is 0.119 e. The summed E-state index contributed by atoms with van der Waals surface area (Å²) in [6.45, 7) is 2.63. The Balaban J connectivity index is 2.04. The first-order chi connectivity index (χ1) is 7.83. The number of allylic oxidation sites excluding steroid dienone is 1. The zero-order valence-corrected chi connectivity index (χ0v) is 9.80. The number of benzene rings is 1. The Morgan fingerprint density at radius 3 is 2.69 bits per heavy atom. The summed E-state index contributed by atoms with van der Waals surface area (Å²) in [4.78, 5) is 0. The molecule has 0 radical (unpaired) electrons. The maximum atomic E-state index is 9.44. The molecule has 16 heavy (non-hydrogen) atoms. The second-order valence-electron chi connectivity index (χ2n) is 3.75. The van der Waals surface area contributed by atoms with Gasteiger partial charge in [0.25, 0.3) is 0 Å². The van der Waals surface area contributed by atoms with Crippen LogP contribution in [0.4, 0.5) is 0 Å². The van der Waals surface area contributed by atoms with Gasteiger partial charge >= 0.3 is 0 Å². The third kappa shape index (κ3) is 5.56. The van der Waals surface area contributed by atoms with Crippen LogP contribution in [0.3, 0.4) is 0 Å². The summed E-state index contributed by atoms with van der Waals surface area (Å²) >= 11 is 0. The maximum absolute atomic E-state index is 9.44. The summed E-state index contributed by atoms with van der Waals surface area (Å²) in [5.74, 6) is 0.913. The predicted molar refractivity (Wildman–Crippen MR) is 66.6 cm³/mol. The van der Waals surface area contributed by atoms with Crippen molar-refractivity contribution < 1.29 is 9.84 Å². The fourth-order valence-corrected chi connectivity index (χ4v) is 1.48. The van der Waals surface area contributed by atoms with Gasteiger partial charge in [-0.2, -0.15) is 0 Å². The van der Waals surface area contributed by atoms with Crippen LogP contribution in [0.15, 0.2) is 42.5 Å². The Labute approximate surface area is 97.6 Å². The first kappa shape index (κ1) is 12.8. The average molecular weight is 220 g/mol. The predicted octanol–water partition coefficient (Wildman–Crippen LogP) is 3.17. The van der Waals surface area contributed by atoms with Crippen molar-refractivity contribution in [3.05, 3.63) is 42.5 Å². The second kappa shape index (κ2) is 7.94. The molecule has 0 aliphatic heterocycles. The molecule has 0 bridgehead atoms. The second-order valence-corrected chi connectivity index (χ2v) is 3.75. The van der Waals surface area contributed by atoms with Crippen molar-refractivity contribution in [2.75, 3.05) is 6.61 Å². The Morgan fingerprint density at radius 1 is 1.25 bits per heavy atom. The molecule has 1 rings (SSSR count). The SMILES string of the molecule is CC=C[C@@H](O)CCCCOc1ccccc1. The van der Waals surface area contributed by atoms with E-state index in [-0.39, 0.29) is 6.10 Å². The van der Waals surface area contributed by atoms with E-state index in [1.54, 1.807) is 0 Å². The van der Waals surface area contributed by atoms with Crippen molar-refractivity contribution in [2.45, 2.75) is 32.3 Å². The molecule has 1 atom stereocenters. The maximum Gasteiger partial charge on any atom is 0.119 e. The lowest BCUT2D eigenvalue weighted by molar-refractivity contribution is 0.203. The van der Waals surface area contributed by atoms with Gasteiger partial charge in [-0.15, -0.1) is 0 Å². The van der Waals surface area contributed by atoms with Gasteiger partial charge in [0.2, 0.25) is 0 Å². The van der Waals surface area contributed by atoms with Gasteiger partial charge in [0.05, 0.1) is 12.7 Å². The number of para-hydroxylation sites is 1. The lowest BCUT2D eigenvalue weighted by Crippen LogP contribution is -2.03. The van der Waals surface area contributed by atoms with Crippen molar-refractivity contribution in [1.29, 1.82) is 0 Å². The first-order valence-electron chi connectivity index (χ1n) is 5.81. The van der Waals surface area contributed by atoms with Crippen LogP contribution in [0.2, 0.25) is 0 Å². The molecule has 0 heterocycles. The quantitative estimate of drug-likeness (QED) is 0.565. The van der Waals surface area contributed by atoms with Gasteiger partial charge in [-0.25, -0.2) is 0 Å². The minimum Gasteiger partial charge on any atom is -0.494 e. The lowest BCUT2D eigenvalue weighted by atomic mass is 10.1. The summed E-state index contributed by atoms with van der Waals surface area (Å²) in [6, 6.07) is 9.81. The van der Waals surface area contributed by atoms with Gasteiger partial charge < -0.3 is 9.84 Å². The highest BCUT2D eigenvalue weighted by Crippen LogP contribution is 2.09. The Bertz CT molecular complexity index is 293. The number of unbranched alkanes of at least 4 members (excludes halogenated alkanes) is 1. The van der Waals surface area contributed by atoms with Crippen molar-refractivity contribution in [2.24, 2.45) is 0 Å². The molecule has 1 aromatic rings. The van der Waals surface area contributed by atoms with Crippen LogP contribution >= 0.6 is 0 Å². The number of aliphatic hydroxyl groups is 1. The molecule has 0 aliphatic carbocycles. The highest BCUT2D eigenvalue weighted by molar-refractivity contribution is 5.20. The van der Waals surface area contributed by atoms with E-state index in [2.05, 4.69) is 0 Å². The van der Waals surface area contributed by atoms with E-state index >= 15 is 0 Å². The molecule has 0 fully saturated rings. The number of ether oxygens (including phenoxy) is 1. The number of hydrogen-bond donors (Lipinski definition) is 1. The molecular formula is C14H20O2. The van der Waals surface area contributed by atoms with E-state index in [4.69, 9.17) is 4.74 Å². The summed E-state index contributed by atoms with van der Waals surface area (Å²) in [7, 11) is 0. The van der Waals surface area contributed by atoms with E-state index in [0.717, 1.165) is 25.0 Å². The molecule has 88 valence electrons. The molecule has 0 spiro atoms. The highest BCUT2D eigenvalue weighted by atomic mass is 16.5. The van der Waals surface area contributed by atoms with Crippen LogP contribution in [0.5, 0.6) is 5.75 Å². The van der Waals surface area contributed by atoms with E-state index in [1.807, 2.05) is 49.4 Å². The Morgan fingerprint density at radius 2 is 2.00 bits per heavy atom. The molecule has 2 heteroatoms. The summed E-state index contributed by atoms with van der Waals surface area (Å²) in [5.41, 5.74) is 0. The van der Waals surface area contributed by atoms with Crippen molar-refractivity contribution in [3.63, 3.8) is 0 Å². The van der Waals surface area contributed by atoms with Gasteiger partial charge in [0.15, 0.2) is 0 Å². The Hall–Kier alpha value is -1.28. The molecule has 0 saturated heterocycles. The van der Waals surface area contributed by atoms with E-state index in [1.165, 1.54) is 0 Å². The molecule has 1 N–H and O–H groups in total. The molecule has 0 amide bonds. The fourth-order valence-electron chi connectivity index (χ4n) is 1.48. The van der Waals surface area contributed by atoms with E-state index < -0.39 is 0 Å². The third-order valence-corrected chi connectivity index (χ3v) is 2.32. The topological polar surface area (TPSA) is 29.5 Å².